The van der Waals surface area contributed by atoms with E-state index in [1.54, 1.807) is 0 Å². The molecule has 0 N–H and O–H groups in total. The number of aryl methyl sites for hydroxylation is 2. The van der Waals surface area contributed by atoms with Crippen molar-refractivity contribution in [1.29, 1.82) is 0 Å². The van der Waals surface area contributed by atoms with Crippen molar-refractivity contribution < 1.29 is 4.57 Å². The predicted octanol–water partition coefficient (Wildman–Crippen LogP) is 4.28. The number of nitrogens with zero attached hydrogens (tertiary/aromatic N) is 1. The lowest BCUT2D eigenvalue weighted by Gasteiger charge is -2.04. The van der Waals surface area contributed by atoms with E-state index in [1.807, 2.05) is 0 Å². The first-order chi connectivity index (χ1) is 8.20. The fourth-order valence-corrected chi connectivity index (χ4v) is 2.18. The van der Waals surface area contributed by atoms with Crippen molar-refractivity contribution in [2.24, 2.45) is 5.92 Å². The van der Waals surface area contributed by atoms with Crippen LogP contribution in [-0.4, -0.2) is 0 Å². The molecule has 0 unspecified atom stereocenters. The molecule has 0 aliphatic carbocycles. The van der Waals surface area contributed by atoms with Crippen molar-refractivity contribution in [3.05, 3.63) is 30.1 Å². The lowest BCUT2D eigenvalue weighted by atomic mass is 10.0. The predicted molar refractivity (Wildman–Crippen MR) is 73.9 cm³/mol. The highest BCUT2D eigenvalue weighted by molar-refractivity contribution is 4.93. The molecule has 1 aromatic rings. The van der Waals surface area contributed by atoms with E-state index < -0.39 is 0 Å². The molecular weight excluding hydrogens is 206 g/mol. The molecule has 1 nitrogen and oxygen atoms in total. The second kappa shape index (κ2) is 8.27. The van der Waals surface area contributed by atoms with Crippen molar-refractivity contribution in [2.75, 3.05) is 0 Å². The molecule has 0 aliphatic heterocycles. The van der Waals surface area contributed by atoms with Gasteiger partial charge < -0.3 is 0 Å². The molecule has 1 heterocycles. The van der Waals surface area contributed by atoms with E-state index in [-0.39, 0.29) is 0 Å². The standard InChI is InChI=1S/C16H28N/c1-15(2)11-7-5-4-6-9-13-17-14-10-8-12-16(17)3/h8,10,12,14-15H,4-7,9,11,13H2,1-3H3/q+1. The normalized spacial score (nSPS) is 11.1. The summed E-state index contributed by atoms with van der Waals surface area (Å²) in [5.74, 6) is 0.873. The summed E-state index contributed by atoms with van der Waals surface area (Å²) in [6.45, 7) is 7.99. The zero-order chi connectivity index (χ0) is 12.5. The van der Waals surface area contributed by atoms with E-state index in [9.17, 15) is 0 Å². The van der Waals surface area contributed by atoms with E-state index in [1.165, 1.54) is 50.8 Å². The van der Waals surface area contributed by atoms with E-state index in [0.717, 1.165) is 5.92 Å². The molecule has 0 saturated carbocycles. The van der Waals surface area contributed by atoms with Gasteiger partial charge in [0.2, 0.25) is 0 Å². The summed E-state index contributed by atoms with van der Waals surface area (Å²) in [5, 5.41) is 0. The molecule has 0 radical (unpaired) electrons. The summed E-state index contributed by atoms with van der Waals surface area (Å²) < 4.78 is 2.36. The lowest BCUT2D eigenvalue weighted by molar-refractivity contribution is -0.703. The maximum Gasteiger partial charge on any atom is 0.178 e. The second-order valence-corrected chi connectivity index (χ2v) is 5.49. The first kappa shape index (κ1) is 14.2. The van der Waals surface area contributed by atoms with Crippen LogP contribution in [-0.2, 0) is 6.54 Å². The molecule has 0 atom stereocenters. The minimum Gasteiger partial charge on any atom is -0.203 e. The van der Waals surface area contributed by atoms with E-state index in [4.69, 9.17) is 0 Å². The molecule has 17 heavy (non-hydrogen) atoms. The van der Waals surface area contributed by atoms with Gasteiger partial charge in [-0.25, -0.2) is 4.57 Å². The molecule has 1 aromatic heterocycles. The van der Waals surface area contributed by atoms with Crippen LogP contribution in [0.5, 0.6) is 0 Å². The maximum absolute atomic E-state index is 2.36. The average Bonchev–Trinajstić information content (AvgIpc) is 2.30. The Hall–Kier alpha value is -0.850. The van der Waals surface area contributed by atoms with E-state index >= 15 is 0 Å². The summed E-state index contributed by atoms with van der Waals surface area (Å²) in [5.41, 5.74) is 1.37. The number of pyridine rings is 1. The third-order valence-corrected chi connectivity index (χ3v) is 3.35. The molecule has 0 bridgehead atoms. The van der Waals surface area contributed by atoms with Crippen molar-refractivity contribution in [3.63, 3.8) is 0 Å². The van der Waals surface area contributed by atoms with Crippen LogP contribution in [0.2, 0.25) is 0 Å². The van der Waals surface area contributed by atoms with Gasteiger partial charge in [0.25, 0.3) is 0 Å². The fraction of sp³-hybridized carbons (Fsp3) is 0.688. The van der Waals surface area contributed by atoms with Gasteiger partial charge in [-0.3, -0.25) is 0 Å². The summed E-state index contributed by atoms with van der Waals surface area (Å²) in [4.78, 5) is 0. The van der Waals surface area contributed by atoms with Crippen LogP contribution in [0.3, 0.4) is 0 Å². The van der Waals surface area contributed by atoms with Crippen LogP contribution in [0.15, 0.2) is 24.4 Å². The first-order valence-electron chi connectivity index (χ1n) is 7.15. The summed E-state index contributed by atoms with van der Waals surface area (Å²) >= 11 is 0. The Kier molecular flexibility index (Phi) is 6.91. The highest BCUT2D eigenvalue weighted by atomic mass is 14.9. The van der Waals surface area contributed by atoms with E-state index in [2.05, 4.69) is 49.7 Å². The van der Waals surface area contributed by atoms with Gasteiger partial charge >= 0.3 is 0 Å². The van der Waals surface area contributed by atoms with Crippen LogP contribution >= 0.6 is 0 Å². The molecule has 0 spiro atoms. The van der Waals surface area contributed by atoms with Crippen molar-refractivity contribution in [2.45, 2.75) is 65.8 Å². The Balaban J connectivity index is 2.03. The maximum atomic E-state index is 2.36. The third kappa shape index (κ3) is 6.45. The lowest BCUT2D eigenvalue weighted by Crippen LogP contribution is -2.36. The number of aromatic nitrogens is 1. The monoisotopic (exact) mass is 234 g/mol. The molecule has 1 rings (SSSR count). The van der Waals surface area contributed by atoms with Crippen molar-refractivity contribution >= 4 is 0 Å². The minimum absolute atomic E-state index is 0.873. The molecule has 0 fully saturated rings. The topological polar surface area (TPSA) is 3.88 Å². The van der Waals surface area contributed by atoms with Crippen LogP contribution in [0.4, 0.5) is 0 Å². The van der Waals surface area contributed by atoms with Crippen LogP contribution in [0, 0.1) is 12.8 Å². The Morgan fingerprint density at radius 3 is 2.41 bits per heavy atom. The van der Waals surface area contributed by atoms with Gasteiger partial charge in [0, 0.05) is 25.5 Å². The number of hydrogen-bond acceptors (Lipinski definition) is 0. The minimum atomic E-state index is 0.873. The highest BCUT2D eigenvalue weighted by Gasteiger charge is 2.03. The van der Waals surface area contributed by atoms with Gasteiger partial charge in [-0.1, -0.05) is 45.6 Å². The van der Waals surface area contributed by atoms with Crippen molar-refractivity contribution in [3.8, 4) is 0 Å². The van der Waals surface area contributed by atoms with Gasteiger partial charge in [-0.2, -0.15) is 0 Å². The van der Waals surface area contributed by atoms with Gasteiger partial charge in [0.05, 0.1) is 0 Å². The smallest absolute Gasteiger partial charge is 0.178 e. The zero-order valence-electron chi connectivity index (χ0n) is 11.8. The van der Waals surface area contributed by atoms with Gasteiger partial charge in [-0.05, 0) is 12.3 Å². The van der Waals surface area contributed by atoms with Crippen LogP contribution in [0.25, 0.3) is 0 Å². The molecule has 1 heteroatoms. The fourth-order valence-electron chi connectivity index (χ4n) is 2.18. The molecule has 96 valence electrons. The zero-order valence-corrected chi connectivity index (χ0v) is 11.8. The summed E-state index contributed by atoms with van der Waals surface area (Å²) in [7, 11) is 0. The molecule has 0 saturated heterocycles. The van der Waals surface area contributed by atoms with Gasteiger partial charge in [-0.15, -0.1) is 0 Å². The third-order valence-electron chi connectivity index (χ3n) is 3.35. The van der Waals surface area contributed by atoms with Gasteiger partial charge in [0.15, 0.2) is 11.9 Å². The number of rotatable bonds is 8. The first-order valence-corrected chi connectivity index (χ1v) is 7.15. The molecule has 0 aromatic carbocycles. The second-order valence-electron chi connectivity index (χ2n) is 5.49. The Bertz CT molecular complexity index is 304. The molecule has 0 amide bonds. The average molecular weight is 234 g/mol. The Labute approximate surface area is 107 Å². The quantitative estimate of drug-likeness (QED) is 0.467. The molecule has 0 aliphatic rings. The van der Waals surface area contributed by atoms with Gasteiger partial charge in [0.1, 0.15) is 6.54 Å². The largest absolute Gasteiger partial charge is 0.203 e. The molecular formula is C16H28N+. The number of hydrogen-bond donors (Lipinski definition) is 0. The SMILES string of the molecule is Cc1cccc[n+]1CCCCCCCC(C)C. The Morgan fingerprint density at radius 2 is 1.71 bits per heavy atom. The van der Waals surface area contributed by atoms with Crippen LogP contribution in [0.1, 0.15) is 58.1 Å². The van der Waals surface area contributed by atoms with Crippen LogP contribution < -0.4 is 4.57 Å². The summed E-state index contributed by atoms with van der Waals surface area (Å²) in [6.07, 6.45) is 10.5. The Morgan fingerprint density at radius 1 is 1.00 bits per heavy atom. The van der Waals surface area contributed by atoms with E-state index in [0.29, 0.717) is 0 Å². The number of unbranched alkanes of at least 4 members (excludes halogenated alkanes) is 4. The summed E-state index contributed by atoms with van der Waals surface area (Å²) in [6, 6.07) is 6.41. The van der Waals surface area contributed by atoms with Crippen molar-refractivity contribution in [1.82, 2.24) is 0 Å². The highest BCUT2D eigenvalue weighted by Crippen LogP contribution is 2.10.